The number of hydrogen-bond acceptors (Lipinski definition) is 0. The molecular weight excluding hydrogens is 143 g/mol. The van der Waals surface area contributed by atoms with Crippen LogP contribution in [0.3, 0.4) is 0 Å². The Morgan fingerprint density at radius 1 is 0.800 bits per heavy atom. The summed E-state index contributed by atoms with van der Waals surface area (Å²) >= 11 is 0. The van der Waals surface area contributed by atoms with Gasteiger partial charge in [0.2, 0.25) is 0 Å². The van der Waals surface area contributed by atoms with Gasteiger partial charge in [-0.15, -0.1) is 0 Å². The molecule has 0 bridgehead atoms. The Kier molecular flexibility index (Phi) is 617. The minimum atomic E-state index is 0. The third kappa shape index (κ3) is 26.4. The van der Waals surface area contributed by atoms with Gasteiger partial charge in [-0.2, -0.15) is 0 Å². The van der Waals surface area contributed by atoms with Crippen molar-refractivity contribution in [3.63, 3.8) is 0 Å². The van der Waals surface area contributed by atoms with Crippen LogP contribution in [-0.2, 0) is 49.7 Å². The standard InChI is InChI=1S/Fe.Li.2O.Ti.H/q;;2*-2;+4;. The van der Waals surface area contributed by atoms with E-state index in [1.165, 1.54) is 0 Å². The number of hydrogen-bond donors (Lipinski definition) is 0. The predicted molar refractivity (Wildman–Crippen MR) is 8.52 cm³/mol. The first-order chi connectivity index (χ1) is 0. The van der Waals surface area contributed by atoms with Gasteiger partial charge in [0.05, 0.1) is 0 Å². The zero-order chi connectivity index (χ0) is 0. The molecule has 0 N–H and O–H groups in total. The van der Waals surface area contributed by atoms with Gasteiger partial charge in [0, 0.05) is 17.1 Å². The average molecular weight is 144 g/mol. The molecule has 0 aliphatic rings. The molecule has 2 nitrogen and oxygen atoms in total. The van der Waals surface area contributed by atoms with Gasteiger partial charge < -0.3 is 11.0 Å². The second kappa shape index (κ2) is 42.3. The van der Waals surface area contributed by atoms with Crippen LogP contribution in [0.5, 0.6) is 0 Å². The summed E-state index contributed by atoms with van der Waals surface area (Å²) < 4.78 is 0. The van der Waals surface area contributed by atoms with Crippen molar-refractivity contribution >= 4 is 18.9 Å². The summed E-state index contributed by atoms with van der Waals surface area (Å²) in [6.45, 7) is 0. The summed E-state index contributed by atoms with van der Waals surface area (Å²) in [4.78, 5) is 0. The quantitative estimate of drug-likeness (QED) is 0.395. The third-order valence-electron chi connectivity index (χ3n) is 0. The number of rotatable bonds is 0. The van der Waals surface area contributed by atoms with E-state index in [4.69, 9.17) is 0 Å². The first-order valence-electron chi connectivity index (χ1n) is 0. The zero-order valence-corrected chi connectivity index (χ0v) is 4.34. The van der Waals surface area contributed by atoms with E-state index in [-0.39, 0.29) is 68.6 Å². The molecule has 0 heterocycles. The van der Waals surface area contributed by atoms with Crippen molar-refractivity contribution in [3.8, 4) is 0 Å². The molecule has 0 spiro atoms. The molecule has 26 valence electrons. The third-order valence-corrected chi connectivity index (χ3v) is 0. The molecule has 0 rings (SSSR count). The van der Waals surface area contributed by atoms with Crippen LogP contribution in [0.1, 0.15) is 0 Å². The van der Waals surface area contributed by atoms with Crippen molar-refractivity contribution in [2.45, 2.75) is 0 Å². The average Bonchev–Trinajstić information content (AvgIpc) is 0. The van der Waals surface area contributed by atoms with Crippen LogP contribution >= 0.6 is 0 Å². The summed E-state index contributed by atoms with van der Waals surface area (Å²) in [6, 6.07) is 0. The molecule has 0 radical (unpaired) electrons. The molecule has 5 heavy (non-hydrogen) atoms. The minimum Gasteiger partial charge on any atom is -2.00 e. The Balaban J connectivity index is 0. The van der Waals surface area contributed by atoms with E-state index >= 15 is 0 Å². The Bertz CT molecular complexity index is 9.61. The van der Waals surface area contributed by atoms with Crippen molar-refractivity contribution in [3.05, 3.63) is 0 Å². The predicted octanol–water partition coefficient (Wildman–Crippen LogP) is -0.891. The molecular formula is HFeLiO2Ti. The summed E-state index contributed by atoms with van der Waals surface area (Å²) in [5.74, 6) is 0. The summed E-state index contributed by atoms with van der Waals surface area (Å²) in [5.41, 5.74) is 0. The first kappa shape index (κ1) is 72.8. The van der Waals surface area contributed by atoms with Crippen molar-refractivity contribution in [1.29, 1.82) is 0 Å². The monoisotopic (exact) mass is 144 g/mol. The van der Waals surface area contributed by atoms with E-state index in [1.807, 2.05) is 0 Å². The minimum absolute atomic E-state index is 0. The van der Waals surface area contributed by atoms with E-state index in [0.717, 1.165) is 0 Å². The summed E-state index contributed by atoms with van der Waals surface area (Å²) in [6.07, 6.45) is 0. The van der Waals surface area contributed by atoms with Crippen LogP contribution in [0.25, 0.3) is 0 Å². The molecule has 0 saturated heterocycles. The topological polar surface area (TPSA) is 57.0 Å². The Hall–Kier alpha value is 1.75. The molecule has 0 atom stereocenters. The molecule has 0 aliphatic heterocycles. The van der Waals surface area contributed by atoms with Gasteiger partial charge in [0.25, 0.3) is 0 Å². The van der Waals surface area contributed by atoms with E-state index in [0.29, 0.717) is 0 Å². The molecule has 5 heteroatoms. The van der Waals surface area contributed by atoms with Gasteiger partial charge in [0.1, 0.15) is 0 Å². The molecule has 0 fully saturated rings. The fourth-order valence-corrected chi connectivity index (χ4v) is 0. The van der Waals surface area contributed by atoms with Crippen molar-refractivity contribution in [2.24, 2.45) is 0 Å². The van der Waals surface area contributed by atoms with Gasteiger partial charge in [-0.1, -0.05) is 0 Å². The maximum atomic E-state index is 0. The molecule has 0 aromatic carbocycles. The van der Waals surface area contributed by atoms with E-state index in [9.17, 15) is 0 Å². The first-order valence-corrected chi connectivity index (χ1v) is 0. The maximum absolute atomic E-state index is 0. The molecule has 0 unspecified atom stereocenters. The van der Waals surface area contributed by atoms with Crippen LogP contribution in [0, 0.1) is 0 Å². The van der Waals surface area contributed by atoms with Crippen LogP contribution in [0.4, 0.5) is 0 Å². The van der Waals surface area contributed by atoms with Crippen LogP contribution in [0.15, 0.2) is 0 Å². The summed E-state index contributed by atoms with van der Waals surface area (Å²) in [5, 5.41) is 0. The normalized spacial score (nSPS) is 0. The summed E-state index contributed by atoms with van der Waals surface area (Å²) in [7, 11) is 0. The van der Waals surface area contributed by atoms with Crippen LogP contribution in [0.2, 0.25) is 0 Å². The van der Waals surface area contributed by atoms with Gasteiger partial charge >= 0.3 is 40.6 Å². The molecule has 0 aromatic heterocycles. The van der Waals surface area contributed by atoms with Gasteiger partial charge in [-0.05, 0) is 0 Å². The Morgan fingerprint density at radius 2 is 0.800 bits per heavy atom. The second-order valence-electron chi connectivity index (χ2n) is 0. The van der Waals surface area contributed by atoms with E-state index in [2.05, 4.69) is 0 Å². The van der Waals surface area contributed by atoms with E-state index in [1.54, 1.807) is 0 Å². The van der Waals surface area contributed by atoms with Crippen molar-refractivity contribution in [2.75, 3.05) is 0 Å². The van der Waals surface area contributed by atoms with Crippen LogP contribution in [-0.4, -0.2) is 18.9 Å². The largest absolute Gasteiger partial charge is 4.00 e. The fourth-order valence-electron chi connectivity index (χ4n) is 0. The maximum Gasteiger partial charge on any atom is 4.00 e. The van der Waals surface area contributed by atoms with Gasteiger partial charge in [0.15, 0.2) is 0 Å². The Morgan fingerprint density at radius 3 is 0.800 bits per heavy atom. The molecule has 0 aliphatic carbocycles. The van der Waals surface area contributed by atoms with Crippen molar-refractivity contribution < 1.29 is 49.7 Å². The fraction of sp³-hybridized carbons (Fsp3) is 0. The second-order valence-corrected chi connectivity index (χ2v) is 0. The van der Waals surface area contributed by atoms with Gasteiger partial charge in [-0.25, -0.2) is 0 Å². The molecule has 0 amide bonds. The van der Waals surface area contributed by atoms with Crippen LogP contribution < -0.4 is 0 Å². The SMILES string of the molecule is [Fe].[LiH].[O-2].[O-2].[Ti+4]. The Labute approximate surface area is 68.2 Å². The molecule has 0 saturated carbocycles. The zero-order valence-electron chi connectivity index (χ0n) is 1.67. The molecule has 0 aromatic rings. The van der Waals surface area contributed by atoms with Crippen molar-refractivity contribution in [1.82, 2.24) is 0 Å². The smallest absolute Gasteiger partial charge is 2.00 e. The van der Waals surface area contributed by atoms with E-state index < -0.39 is 0 Å². The van der Waals surface area contributed by atoms with Gasteiger partial charge in [-0.3, -0.25) is 0 Å².